The van der Waals surface area contributed by atoms with E-state index in [9.17, 15) is 0 Å². The number of rotatable bonds is 6. The number of benzene rings is 2. The van der Waals surface area contributed by atoms with Gasteiger partial charge in [-0.25, -0.2) is 4.98 Å². The molecule has 0 aliphatic heterocycles. The summed E-state index contributed by atoms with van der Waals surface area (Å²) in [6.45, 7) is 4.24. The Kier molecular flexibility index (Phi) is 5.51. The fraction of sp³-hybridized carbons (Fsp3) is 0.200. The van der Waals surface area contributed by atoms with Gasteiger partial charge in [0.1, 0.15) is 5.82 Å². The van der Waals surface area contributed by atoms with Gasteiger partial charge >= 0.3 is 0 Å². The zero-order chi connectivity index (χ0) is 17.6. The molecule has 3 rings (SSSR count). The number of nitrogens with zero attached hydrogens (tertiary/aromatic N) is 2. The summed E-state index contributed by atoms with van der Waals surface area (Å²) in [4.78, 5) is 9.25. The highest BCUT2D eigenvalue weighted by molar-refractivity contribution is 6.33. The molecular weight excluding hydrogens is 332 g/mol. The molecule has 2 aromatic carbocycles. The Balaban J connectivity index is 1.99. The molecule has 0 saturated carbocycles. The first kappa shape index (κ1) is 17.2. The van der Waals surface area contributed by atoms with Crippen molar-refractivity contribution < 1.29 is 0 Å². The third-order valence-electron chi connectivity index (χ3n) is 3.92. The average Bonchev–Trinajstić information content (AvgIpc) is 2.64. The highest BCUT2D eigenvalue weighted by atomic mass is 35.5. The van der Waals surface area contributed by atoms with Crippen molar-refractivity contribution in [1.82, 2.24) is 9.97 Å². The number of hydrogen-bond donors (Lipinski definition) is 2. The van der Waals surface area contributed by atoms with E-state index in [1.165, 1.54) is 0 Å². The quantitative estimate of drug-likeness (QED) is 0.593. The van der Waals surface area contributed by atoms with Crippen molar-refractivity contribution in [2.24, 2.45) is 0 Å². The van der Waals surface area contributed by atoms with Gasteiger partial charge in [0, 0.05) is 17.7 Å². The number of aromatic nitrogens is 2. The number of halogens is 1. The van der Waals surface area contributed by atoms with Crippen LogP contribution in [0.2, 0.25) is 5.02 Å². The number of para-hydroxylation sites is 1. The number of hydrogen-bond acceptors (Lipinski definition) is 4. The Morgan fingerprint density at radius 2 is 1.72 bits per heavy atom. The average molecular weight is 353 g/mol. The van der Waals surface area contributed by atoms with E-state index >= 15 is 0 Å². The molecule has 2 N–H and O–H groups in total. The van der Waals surface area contributed by atoms with Crippen LogP contribution in [0.5, 0.6) is 0 Å². The van der Waals surface area contributed by atoms with Gasteiger partial charge in [0.15, 0.2) is 0 Å². The molecule has 5 heteroatoms. The summed E-state index contributed by atoms with van der Waals surface area (Å²) in [5, 5.41) is 7.29. The van der Waals surface area contributed by atoms with Crippen molar-refractivity contribution in [2.75, 3.05) is 10.6 Å². The van der Waals surface area contributed by atoms with E-state index in [4.69, 9.17) is 11.6 Å². The molecule has 0 amide bonds. The van der Waals surface area contributed by atoms with Crippen LogP contribution >= 0.6 is 11.6 Å². The molecule has 1 atom stereocenters. The Hall–Kier alpha value is -2.59. The lowest BCUT2D eigenvalue weighted by atomic mass is 10.1. The maximum atomic E-state index is 6.26. The van der Waals surface area contributed by atoms with Gasteiger partial charge in [-0.1, -0.05) is 61.0 Å². The molecule has 3 aromatic rings. The van der Waals surface area contributed by atoms with E-state index in [-0.39, 0.29) is 0 Å². The van der Waals surface area contributed by atoms with E-state index < -0.39 is 0 Å². The summed E-state index contributed by atoms with van der Waals surface area (Å²) in [6.07, 6.45) is 0.992. The molecule has 4 nitrogen and oxygen atoms in total. The topological polar surface area (TPSA) is 49.8 Å². The minimum Gasteiger partial charge on any atom is -0.352 e. The van der Waals surface area contributed by atoms with E-state index in [0.717, 1.165) is 23.4 Å². The normalized spacial score (nSPS) is 11.8. The molecule has 0 aliphatic carbocycles. The number of anilines is 3. The van der Waals surface area contributed by atoms with E-state index in [1.54, 1.807) is 0 Å². The standard InChI is InChI=1S/C20H21ClN4/c1-3-14(2)22-20-24-18(15-9-5-4-6-10-15)13-19(25-20)23-17-12-8-7-11-16(17)21/h4-14H,3H2,1-2H3,(H2,22,23,24,25)/t14-/m1/s1. The van der Waals surface area contributed by atoms with Gasteiger partial charge in [-0.15, -0.1) is 0 Å². The molecule has 0 saturated heterocycles. The SMILES string of the molecule is CC[C@@H](C)Nc1nc(Nc2ccccc2Cl)cc(-c2ccccc2)n1. The fourth-order valence-corrected chi connectivity index (χ4v) is 2.54. The largest absolute Gasteiger partial charge is 0.352 e. The van der Waals surface area contributed by atoms with Crippen LogP contribution in [0.15, 0.2) is 60.7 Å². The van der Waals surface area contributed by atoms with Crippen molar-refractivity contribution >= 4 is 29.1 Å². The van der Waals surface area contributed by atoms with Crippen LogP contribution in [0.3, 0.4) is 0 Å². The van der Waals surface area contributed by atoms with Crippen LogP contribution < -0.4 is 10.6 Å². The molecule has 0 aliphatic rings. The van der Waals surface area contributed by atoms with Gasteiger partial charge in [0.05, 0.1) is 16.4 Å². The summed E-state index contributed by atoms with van der Waals surface area (Å²) in [7, 11) is 0. The third-order valence-corrected chi connectivity index (χ3v) is 4.25. The molecule has 1 heterocycles. The molecule has 0 bridgehead atoms. The summed E-state index contributed by atoms with van der Waals surface area (Å²) in [6, 6.07) is 19.9. The smallest absolute Gasteiger partial charge is 0.225 e. The molecule has 0 spiro atoms. The summed E-state index contributed by atoms with van der Waals surface area (Å²) in [5.74, 6) is 1.30. The maximum Gasteiger partial charge on any atom is 0.225 e. The Morgan fingerprint density at radius 1 is 1.00 bits per heavy atom. The van der Waals surface area contributed by atoms with Crippen LogP contribution in [0.25, 0.3) is 11.3 Å². The molecule has 128 valence electrons. The lowest BCUT2D eigenvalue weighted by Crippen LogP contribution is -2.16. The fourth-order valence-electron chi connectivity index (χ4n) is 2.36. The first-order valence-electron chi connectivity index (χ1n) is 8.38. The Bertz CT molecular complexity index is 836. The van der Waals surface area contributed by atoms with Gasteiger partial charge < -0.3 is 10.6 Å². The van der Waals surface area contributed by atoms with Gasteiger partial charge in [0.2, 0.25) is 5.95 Å². The predicted molar refractivity (Wildman–Crippen MR) is 106 cm³/mol. The lowest BCUT2D eigenvalue weighted by molar-refractivity contribution is 0.753. The second-order valence-corrected chi connectivity index (χ2v) is 6.29. The van der Waals surface area contributed by atoms with E-state index in [1.807, 2.05) is 60.7 Å². The van der Waals surface area contributed by atoms with Crippen molar-refractivity contribution in [2.45, 2.75) is 26.3 Å². The Morgan fingerprint density at radius 3 is 2.44 bits per heavy atom. The van der Waals surface area contributed by atoms with Gasteiger partial charge in [-0.2, -0.15) is 4.98 Å². The predicted octanol–water partition coefficient (Wildman–Crippen LogP) is 5.75. The second-order valence-electron chi connectivity index (χ2n) is 5.89. The minimum absolute atomic E-state index is 0.291. The van der Waals surface area contributed by atoms with Crippen molar-refractivity contribution in [3.05, 3.63) is 65.7 Å². The Labute approximate surface area is 153 Å². The molecule has 25 heavy (non-hydrogen) atoms. The maximum absolute atomic E-state index is 6.26. The minimum atomic E-state index is 0.291. The van der Waals surface area contributed by atoms with Crippen LogP contribution in [0, 0.1) is 0 Å². The van der Waals surface area contributed by atoms with Crippen molar-refractivity contribution in [1.29, 1.82) is 0 Å². The zero-order valence-corrected chi connectivity index (χ0v) is 15.1. The van der Waals surface area contributed by atoms with E-state index in [0.29, 0.717) is 22.8 Å². The molecule has 0 radical (unpaired) electrons. The molecule has 0 fully saturated rings. The first-order valence-corrected chi connectivity index (χ1v) is 8.76. The lowest BCUT2D eigenvalue weighted by Gasteiger charge is -2.15. The van der Waals surface area contributed by atoms with Gasteiger partial charge in [-0.3, -0.25) is 0 Å². The molecular formula is C20H21ClN4. The van der Waals surface area contributed by atoms with Gasteiger partial charge in [-0.05, 0) is 25.5 Å². The zero-order valence-electron chi connectivity index (χ0n) is 14.3. The highest BCUT2D eigenvalue weighted by Gasteiger charge is 2.10. The third kappa shape index (κ3) is 4.48. The van der Waals surface area contributed by atoms with Crippen molar-refractivity contribution in [3.63, 3.8) is 0 Å². The highest BCUT2D eigenvalue weighted by Crippen LogP contribution is 2.27. The van der Waals surface area contributed by atoms with Crippen LogP contribution in [-0.4, -0.2) is 16.0 Å². The summed E-state index contributed by atoms with van der Waals surface area (Å²) in [5.41, 5.74) is 2.71. The van der Waals surface area contributed by atoms with Crippen molar-refractivity contribution in [3.8, 4) is 11.3 Å². The van der Waals surface area contributed by atoms with Crippen LogP contribution in [-0.2, 0) is 0 Å². The van der Waals surface area contributed by atoms with Crippen LogP contribution in [0.4, 0.5) is 17.5 Å². The first-order chi connectivity index (χ1) is 12.2. The monoisotopic (exact) mass is 352 g/mol. The van der Waals surface area contributed by atoms with Crippen LogP contribution in [0.1, 0.15) is 20.3 Å². The number of nitrogens with one attached hydrogen (secondary N) is 2. The summed E-state index contributed by atoms with van der Waals surface area (Å²) >= 11 is 6.26. The summed E-state index contributed by atoms with van der Waals surface area (Å²) < 4.78 is 0. The van der Waals surface area contributed by atoms with E-state index in [2.05, 4.69) is 34.4 Å². The van der Waals surface area contributed by atoms with Gasteiger partial charge in [0.25, 0.3) is 0 Å². The second kappa shape index (κ2) is 7.99. The molecule has 1 aromatic heterocycles. The molecule has 0 unspecified atom stereocenters.